The first-order valence-electron chi connectivity index (χ1n) is 10.5. The molecule has 146 valence electrons. The summed E-state index contributed by atoms with van der Waals surface area (Å²) in [6.45, 7) is 4.14. The molecule has 29 heavy (non-hydrogen) atoms. The molecular formula is C28H28O. The molecule has 2 unspecified atom stereocenters. The molecule has 0 aliphatic heterocycles. The third kappa shape index (κ3) is 3.97. The first kappa shape index (κ1) is 19.4. The second-order valence-corrected chi connectivity index (χ2v) is 7.62. The highest BCUT2D eigenvalue weighted by Gasteiger charge is 2.40. The first-order valence-corrected chi connectivity index (χ1v) is 10.5. The van der Waals surface area contributed by atoms with Crippen LogP contribution in [0, 0.1) is 5.92 Å². The van der Waals surface area contributed by atoms with Crippen molar-refractivity contribution in [2.45, 2.75) is 31.0 Å². The molecule has 1 heteroatoms. The zero-order valence-corrected chi connectivity index (χ0v) is 16.8. The second kappa shape index (κ2) is 9.07. The van der Waals surface area contributed by atoms with Crippen molar-refractivity contribution in [3.05, 3.63) is 132 Å². The van der Waals surface area contributed by atoms with Crippen molar-refractivity contribution < 1.29 is 4.74 Å². The monoisotopic (exact) mass is 380 g/mol. The average Bonchev–Trinajstić information content (AvgIpc) is 2.82. The van der Waals surface area contributed by atoms with Gasteiger partial charge in [0, 0.05) is 5.92 Å². The SMILES string of the molecule is C=CC(OC(c1ccccc1)(c1ccccc1)c1ccccc1)C1C=CCCC1. The van der Waals surface area contributed by atoms with Crippen LogP contribution in [-0.4, -0.2) is 6.10 Å². The standard InChI is InChI=1S/C28H28O/c1-2-27(23-15-7-3-8-16-23)29-28(24-17-9-4-10-18-24,25-19-11-5-12-20-25)26-21-13-6-14-22-26/h2,4-7,9-15,17-23,27H,1,3,8,16H2. The van der Waals surface area contributed by atoms with Gasteiger partial charge in [0.25, 0.3) is 0 Å². The van der Waals surface area contributed by atoms with Gasteiger partial charge in [-0.1, -0.05) is 109 Å². The average molecular weight is 381 g/mol. The molecule has 1 aliphatic rings. The third-order valence-electron chi connectivity index (χ3n) is 5.80. The summed E-state index contributed by atoms with van der Waals surface area (Å²) in [6, 6.07) is 31.7. The Morgan fingerprint density at radius 2 is 1.28 bits per heavy atom. The molecule has 3 aromatic carbocycles. The Bertz CT molecular complexity index is 831. The van der Waals surface area contributed by atoms with Crippen LogP contribution in [0.25, 0.3) is 0 Å². The van der Waals surface area contributed by atoms with Crippen LogP contribution in [0.4, 0.5) is 0 Å². The molecule has 0 amide bonds. The van der Waals surface area contributed by atoms with E-state index in [1.54, 1.807) is 0 Å². The van der Waals surface area contributed by atoms with Crippen molar-refractivity contribution in [2.24, 2.45) is 5.92 Å². The van der Waals surface area contributed by atoms with Gasteiger partial charge in [-0.3, -0.25) is 0 Å². The van der Waals surface area contributed by atoms with Crippen LogP contribution in [0.1, 0.15) is 36.0 Å². The Morgan fingerprint density at radius 3 is 1.66 bits per heavy atom. The van der Waals surface area contributed by atoms with Crippen molar-refractivity contribution in [2.75, 3.05) is 0 Å². The molecule has 0 saturated heterocycles. The number of ether oxygens (including phenoxy) is 1. The summed E-state index contributed by atoms with van der Waals surface area (Å²) in [7, 11) is 0. The van der Waals surface area contributed by atoms with E-state index in [2.05, 4.69) is 110 Å². The van der Waals surface area contributed by atoms with Crippen LogP contribution in [0.2, 0.25) is 0 Å². The lowest BCUT2D eigenvalue weighted by Gasteiger charge is -2.40. The van der Waals surface area contributed by atoms with Crippen LogP contribution in [0.3, 0.4) is 0 Å². The number of allylic oxidation sites excluding steroid dienone is 1. The van der Waals surface area contributed by atoms with Gasteiger partial charge < -0.3 is 4.74 Å². The normalized spacial score (nSPS) is 17.6. The molecule has 0 heterocycles. The van der Waals surface area contributed by atoms with Crippen LogP contribution >= 0.6 is 0 Å². The maximum Gasteiger partial charge on any atom is 0.144 e. The van der Waals surface area contributed by atoms with Crippen molar-refractivity contribution >= 4 is 0 Å². The van der Waals surface area contributed by atoms with Crippen molar-refractivity contribution in [3.63, 3.8) is 0 Å². The lowest BCUT2D eigenvalue weighted by molar-refractivity contribution is -0.0438. The summed E-state index contributed by atoms with van der Waals surface area (Å²) in [5.41, 5.74) is 2.69. The van der Waals surface area contributed by atoms with E-state index < -0.39 is 5.60 Å². The number of hydrogen-bond acceptors (Lipinski definition) is 1. The Morgan fingerprint density at radius 1 is 0.793 bits per heavy atom. The molecule has 2 atom stereocenters. The van der Waals surface area contributed by atoms with Gasteiger partial charge in [-0.05, 0) is 36.0 Å². The van der Waals surface area contributed by atoms with E-state index in [1.807, 2.05) is 6.08 Å². The van der Waals surface area contributed by atoms with Crippen molar-refractivity contribution in [1.29, 1.82) is 0 Å². The molecule has 0 spiro atoms. The highest BCUT2D eigenvalue weighted by Crippen LogP contribution is 2.43. The molecule has 4 rings (SSSR count). The molecule has 0 bridgehead atoms. The molecule has 0 radical (unpaired) electrons. The Hall–Kier alpha value is -2.90. The van der Waals surface area contributed by atoms with E-state index in [-0.39, 0.29) is 6.10 Å². The maximum atomic E-state index is 7.12. The molecular weight excluding hydrogens is 352 g/mol. The summed E-state index contributed by atoms with van der Waals surface area (Å²) in [4.78, 5) is 0. The minimum atomic E-state index is -0.700. The molecule has 3 aromatic rings. The van der Waals surface area contributed by atoms with Gasteiger partial charge in [-0.25, -0.2) is 0 Å². The van der Waals surface area contributed by atoms with Crippen LogP contribution in [0.15, 0.2) is 116 Å². The molecule has 0 N–H and O–H groups in total. The van der Waals surface area contributed by atoms with Gasteiger partial charge in [0.15, 0.2) is 0 Å². The molecule has 1 nitrogen and oxygen atoms in total. The van der Waals surface area contributed by atoms with E-state index >= 15 is 0 Å². The van der Waals surface area contributed by atoms with Crippen LogP contribution in [-0.2, 0) is 10.3 Å². The fraction of sp³-hybridized carbons (Fsp3) is 0.214. The summed E-state index contributed by atoms with van der Waals surface area (Å²) in [6.07, 6.45) is 9.97. The van der Waals surface area contributed by atoms with E-state index in [4.69, 9.17) is 4.74 Å². The van der Waals surface area contributed by atoms with E-state index in [9.17, 15) is 0 Å². The predicted octanol–water partition coefficient (Wildman–Crippen LogP) is 6.91. The molecule has 0 fully saturated rings. The fourth-order valence-electron chi connectivity index (χ4n) is 4.35. The second-order valence-electron chi connectivity index (χ2n) is 7.62. The summed E-state index contributed by atoms with van der Waals surface area (Å²) in [5.74, 6) is 0.344. The minimum absolute atomic E-state index is 0.0767. The fourth-order valence-corrected chi connectivity index (χ4v) is 4.35. The van der Waals surface area contributed by atoms with E-state index in [0.29, 0.717) is 5.92 Å². The molecule has 0 aromatic heterocycles. The van der Waals surface area contributed by atoms with Crippen LogP contribution in [0.5, 0.6) is 0 Å². The summed E-state index contributed by atoms with van der Waals surface area (Å²) >= 11 is 0. The lowest BCUT2D eigenvalue weighted by Crippen LogP contribution is -2.39. The van der Waals surface area contributed by atoms with Crippen molar-refractivity contribution in [3.8, 4) is 0 Å². The third-order valence-corrected chi connectivity index (χ3v) is 5.80. The van der Waals surface area contributed by atoms with Gasteiger partial charge in [-0.2, -0.15) is 0 Å². The Balaban J connectivity index is 1.91. The summed E-state index contributed by atoms with van der Waals surface area (Å²) < 4.78 is 7.12. The van der Waals surface area contributed by atoms with Gasteiger partial charge in [0.05, 0.1) is 6.10 Å². The van der Waals surface area contributed by atoms with Crippen LogP contribution < -0.4 is 0 Å². The van der Waals surface area contributed by atoms with E-state index in [1.165, 1.54) is 6.42 Å². The predicted molar refractivity (Wildman–Crippen MR) is 121 cm³/mol. The maximum absolute atomic E-state index is 7.12. The van der Waals surface area contributed by atoms with Gasteiger partial charge in [-0.15, -0.1) is 6.58 Å². The minimum Gasteiger partial charge on any atom is -0.353 e. The highest BCUT2D eigenvalue weighted by atomic mass is 16.5. The first-order chi connectivity index (χ1) is 14.3. The molecule has 0 saturated carbocycles. The molecule has 1 aliphatic carbocycles. The topological polar surface area (TPSA) is 9.23 Å². The zero-order chi connectivity index (χ0) is 19.9. The highest BCUT2D eigenvalue weighted by molar-refractivity contribution is 5.47. The number of benzene rings is 3. The Labute approximate surface area is 174 Å². The quantitative estimate of drug-likeness (QED) is 0.320. The Kier molecular flexibility index (Phi) is 6.07. The van der Waals surface area contributed by atoms with Crippen molar-refractivity contribution in [1.82, 2.24) is 0 Å². The van der Waals surface area contributed by atoms with E-state index in [0.717, 1.165) is 29.5 Å². The van der Waals surface area contributed by atoms with Gasteiger partial charge in [0.2, 0.25) is 0 Å². The van der Waals surface area contributed by atoms with Gasteiger partial charge >= 0.3 is 0 Å². The largest absolute Gasteiger partial charge is 0.353 e. The number of rotatable bonds is 7. The number of hydrogen-bond donors (Lipinski definition) is 0. The summed E-state index contributed by atoms with van der Waals surface area (Å²) in [5, 5.41) is 0. The smallest absolute Gasteiger partial charge is 0.144 e. The zero-order valence-electron chi connectivity index (χ0n) is 16.8. The lowest BCUT2D eigenvalue weighted by atomic mass is 9.79. The van der Waals surface area contributed by atoms with Gasteiger partial charge in [0.1, 0.15) is 5.60 Å².